The maximum Gasteiger partial charge on any atom is 0.238 e. The number of hydrogen-bond acceptors (Lipinski definition) is 4. The van der Waals surface area contributed by atoms with Crippen molar-refractivity contribution in [1.29, 1.82) is 5.26 Å². The molecule has 160 valence electrons. The molecule has 2 aromatic carbocycles. The molecule has 0 fully saturated rings. The van der Waals surface area contributed by atoms with Crippen molar-refractivity contribution in [1.82, 2.24) is 9.47 Å². The van der Waals surface area contributed by atoms with Crippen LogP contribution in [0.5, 0.6) is 0 Å². The van der Waals surface area contributed by atoms with Crippen molar-refractivity contribution in [3.63, 3.8) is 0 Å². The van der Waals surface area contributed by atoms with Gasteiger partial charge in [-0.05, 0) is 37.6 Å². The Labute approximate surface area is 183 Å². The molecule has 6 nitrogen and oxygen atoms in total. The van der Waals surface area contributed by atoms with Crippen LogP contribution in [-0.2, 0) is 11.3 Å². The third kappa shape index (κ3) is 5.59. The number of nitriles is 1. The Kier molecular flexibility index (Phi) is 7.58. The van der Waals surface area contributed by atoms with E-state index in [2.05, 4.69) is 11.4 Å². The minimum Gasteiger partial charge on any atom is -0.346 e. The number of para-hydroxylation sites is 2. The first-order valence-electron chi connectivity index (χ1n) is 10.6. The van der Waals surface area contributed by atoms with E-state index in [4.69, 9.17) is 5.26 Å². The lowest BCUT2D eigenvalue weighted by Crippen LogP contribution is -2.37. The van der Waals surface area contributed by atoms with E-state index < -0.39 is 0 Å². The van der Waals surface area contributed by atoms with Crippen LogP contribution in [0, 0.1) is 18.3 Å². The van der Waals surface area contributed by atoms with Gasteiger partial charge >= 0.3 is 0 Å². The average Bonchev–Trinajstić information content (AvgIpc) is 3.13. The molecule has 0 bridgehead atoms. The first kappa shape index (κ1) is 22.3. The summed E-state index contributed by atoms with van der Waals surface area (Å²) in [7, 11) is 0. The zero-order valence-electron chi connectivity index (χ0n) is 18.1. The highest BCUT2D eigenvalue weighted by atomic mass is 16.2. The van der Waals surface area contributed by atoms with Crippen LogP contribution in [0.25, 0.3) is 10.9 Å². The van der Waals surface area contributed by atoms with Crippen molar-refractivity contribution >= 4 is 28.3 Å². The van der Waals surface area contributed by atoms with Crippen molar-refractivity contribution in [2.45, 2.75) is 33.2 Å². The number of carbonyl (C=O) groups excluding carboxylic acids is 2. The molecular formula is C25H28N4O2. The van der Waals surface area contributed by atoms with Crippen LogP contribution in [0.2, 0.25) is 0 Å². The normalized spacial score (nSPS) is 10.9. The number of carbonyl (C=O) groups is 2. The molecule has 0 atom stereocenters. The van der Waals surface area contributed by atoms with Gasteiger partial charge in [0.25, 0.3) is 0 Å². The van der Waals surface area contributed by atoms with Gasteiger partial charge in [-0.25, -0.2) is 0 Å². The number of nitrogens with one attached hydrogen (secondary N) is 1. The second kappa shape index (κ2) is 10.6. The van der Waals surface area contributed by atoms with E-state index in [-0.39, 0.29) is 24.8 Å². The predicted octanol–water partition coefficient (Wildman–Crippen LogP) is 4.40. The summed E-state index contributed by atoms with van der Waals surface area (Å²) >= 11 is 0. The van der Waals surface area contributed by atoms with Gasteiger partial charge in [0, 0.05) is 34.9 Å². The topological polar surface area (TPSA) is 78.1 Å². The van der Waals surface area contributed by atoms with E-state index in [0.717, 1.165) is 28.6 Å². The summed E-state index contributed by atoms with van der Waals surface area (Å²) in [6, 6.07) is 17.5. The lowest BCUT2D eigenvalue weighted by molar-refractivity contribution is -0.117. The predicted molar refractivity (Wildman–Crippen MR) is 123 cm³/mol. The fraction of sp³-hybridized carbons (Fsp3) is 0.320. The number of fused-ring (bicyclic) bond motifs is 1. The fourth-order valence-electron chi connectivity index (χ4n) is 3.75. The van der Waals surface area contributed by atoms with Crippen LogP contribution in [0.1, 0.15) is 35.7 Å². The molecule has 1 N–H and O–H groups in total. The smallest absolute Gasteiger partial charge is 0.238 e. The number of nitrogens with zero attached hydrogens (tertiary/aromatic N) is 3. The summed E-state index contributed by atoms with van der Waals surface area (Å²) in [5.74, 6) is -0.156. The SMILES string of the molecule is CCCN(CC(=O)Nc1ccccc1C)CC(=O)c1cn(CCC#N)c2ccccc12. The molecule has 0 saturated heterocycles. The average molecular weight is 417 g/mol. The van der Waals surface area contributed by atoms with Gasteiger partial charge in [-0.3, -0.25) is 14.5 Å². The number of ketones is 1. The van der Waals surface area contributed by atoms with Crippen LogP contribution in [0.3, 0.4) is 0 Å². The number of aromatic nitrogens is 1. The van der Waals surface area contributed by atoms with Crippen LogP contribution in [0.15, 0.2) is 54.7 Å². The van der Waals surface area contributed by atoms with Gasteiger partial charge in [0.15, 0.2) is 5.78 Å². The Hall–Kier alpha value is -3.43. The second-order valence-corrected chi connectivity index (χ2v) is 7.66. The van der Waals surface area contributed by atoms with Gasteiger partial charge < -0.3 is 9.88 Å². The van der Waals surface area contributed by atoms with Gasteiger partial charge in [-0.15, -0.1) is 0 Å². The van der Waals surface area contributed by atoms with Gasteiger partial charge in [0.1, 0.15) is 0 Å². The third-order valence-electron chi connectivity index (χ3n) is 5.25. The molecule has 1 aromatic heterocycles. The standard InChI is InChI=1S/C25H28N4O2/c1-3-14-28(18-25(31)27-22-11-6-4-9-19(22)2)17-24(30)21-16-29(15-8-13-26)23-12-7-5-10-20(21)23/h4-7,9-12,16H,3,8,14-15,17-18H2,1-2H3,(H,27,31). The van der Waals surface area contributed by atoms with E-state index in [9.17, 15) is 9.59 Å². The Balaban J connectivity index is 1.74. The monoisotopic (exact) mass is 416 g/mol. The molecular weight excluding hydrogens is 388 g/mol. The molecule has 3 aromatic rings. The van der Waals surface area contributed by atoms with Gasteiger partial charge in [-0.1, -0.05) is 43.3 Å². The highest BCUT2D eigenvalue weighted by Gasteiger charge is 2.19. The van der Waals surface area contributed by atoms with Crippen molar-refractivity contribution < 1.29 is 9.59 Å². The number of anilines is 1. The molecule has 1 amide bonds. The number of aryl methyl sites for hydroxylation is 2. The lowest BCUT2D eigenvalue weighted by atomic mass is 10.1. The van der Waals surface area contributed by atoms with E-state index in [0.29, 0.717) is 25.1 Å². The van der Waals surface area contributed by atoms with Crippen LogP contribution in [-0.4, -0.2) is 40.8 Å². The van der Waals surface area contributed by atoms with Gasteiger partial charge in [-0.2, -0.15) is 5.26 Å². The van der Waals surface area contributed by atoms with E-state index in [1.165, 1.54) is 0 Å². The van der Waals surface area contributed by atoms with E-state index in [1.54, 1.807) is 0 Å². The highest BCUT2D eigenvalue weighted by Crippen LogP contribution is 2.22. The molecule has 0 aliphatic rings. The number of hydrogen-bond donors (Lipinski definition) is 1. The Bertz CT molecular complexity index is 1110. The van der Waals surface area contributed by atoms with Gasteiger partial charge in [0.2, 0.25) is 5.91 Å². The molecule has 6 heteroatoms. The zero-order valence-corrected chi connectivity index (χ0v) is 18.1. The molecule has 0 radical (unpaired) electrons. The lowest BCUT2D eigenvalue weighted by Gasteiger charge is -2.20. The molecule has 0 saturated carbocycles. The van der Waals surface area contributed by atoms with Gasteiger partial charge in [0.05, 0.1) is 25.6 Å². The van der Waals surface area contributed by atoms with Crippen LogP contribution >= 0.6 is 0 Å². The number of rotatable bonds is 10. The molecule has 31 heavy (non-hydrogen) atoms. The van der Waals surface area contributed by atoms with Crippen molar-refractivity contribution in [3.8, 4) is 6.07 Å². The molecule has 1 heterocycles. The maximum atomic E-state index is 13.2. The summed E-state index contributed by atoms with van der Waals surface area (Å²) in [6.07, 6.45) is 3.06. The maximum absolute atomic E-state index is 13.2. The van der Waals surface area contributed by atoms with E-state index >= 15 is 0 Å². The fourth-order valence-corrected chi connectivity index (χ4v) is 3.75. The Morgan fingerprint density at radius 2 is 1.84 bits per heavy atom. The number of benzene rings is 2. The quantitative estimate of drug-likeness (QED) is 0.497. The Morgan fingerprint density at radius 1 is 1.10 bits per heavy atom. The van der Waals surface area contributed by atoms with E-state index in [1.807, 2.05) is 78.0 Å². The summed E-state index contributed by atoms with van der Waals surface area (Å²) < 4.78 is 1.96. The van der Waals surface area contributed by atoms with Crippen LogP contribution in [0.4, 0.5) is 5.69 Å². The first-order valence-corrected chi connectivity index (χ1v) is 10.6. The molecule has 3 rings (SSSR count). The van der Waals surface area contributed by atoms with Crippen molar-refractivity contribution in [2.75, 3.05) is 25.0 Å². The minimum absolute atomic E-state index is 0.0240. The largest absolute Gasteiger partial charge is 0.346 e. The number of Topliss-reactive ketones (excluding diaryl/α,β-unsaturated/α-hetero) is 1. The minimum atomic E-state index is -0.132. The first-order chi connectivity index (χ1) is 15.0. The summed E-state index contributed by atoms with van der Waals surface area (Å²) in [5.41, 5.74) is 3.37. The molecule has 0 unspecified atom stereocenters. The summed E-state index contributed by atoms with van der Waals surface area (Å²) in [4.78, 5) is 27.7. The number of amides is 1. The van der Waals surface area contributed by atoms with Crippen molar-refractivity contribution in [3.05, 3.63) is 65.9 Å². The summed E-state index contributed by atoms with van der Waals surface area (Å²) in [5, 5.41) is 12.7. The third-order valence-corrected chi connectivity index (χ3v) is 5.25. The van der Waals surface area contributed by atoms with Crippen molar-refractivity contribution in [2.24, 2.45) is 0 Å². The molecule has 0 aliphatic carbocycles. The molecule has 0 aliphatic heterocycles. The molecule has 0 spiro atoms. The second-order valence-electron chi connectivity index (χ2n) is 7.66. The summed E-state index contributed by atoms with van der Waals surface area (Å²) in [6.45, 7) is 5.50. The Morgan fingerprint density at radius 3 is 2.58 bits per heavy atom. The van der Waals surface area contributed by atoms with Crippen LogP contribution < -0.4 is 5.32 Å². The zero-order chi connectivity index (χ0) is 22.2. The highest BCUT2D eigenvalue weighted by molar-refractivity contribution is 6.09.